The second-order valence-electron chi connectivity index (χ2n) is 5.76. The van der Waals surface area contributed by atoms with Gasteiger partial charge in [-0.25, -0.2) is 0 Å². The fourth-order valence-corrected chi connectivity index (χ4v) is 2.52. The maximum atomic E-state index is 12.6. The number of hydrogen-bond acceptors (Lipinski definition) is 4. The van der Waals surface area contributed by atoms with E-state index >= 15 is 0 Å². The molecular weight excluding hydrogens is 375 g/mol. The van der Waals surface area contributed by atoms with Crippen LogP contribution in [0.5, 0.6) is 0 Å². The van der Waals surface area contributed by atoms with Gasteiger partial charge in [0.25, 0.3) is 5.69 Å². The number of hydrogen-bond donors (Lipinski definition) is 0. The molecule has 3 aromatic rings. The smallest absolute Gasteiger partial charge is 0.449 e. The zero-order valence-corrected chi connectivity index (χ0v) is 14.1. The molecule has 0 aliphatic rings. The topological polar surface area (TPSA) is 73.3 Å². The number of ketones is 1. The zero-order chi connectivity index (χ0) is 20.3. The Morgan fingerprint density at radius 1 is 1.00 bits per heavy atom. The first-order valence-corrected chi connectivity index (χ1v) is 7.99. The van der Waals surface area contributed by atoms with Crippen molar-refractivity contribution >= 4 is 23.6 Å². The van der Waals surface area contributed by atoms with E-state index in [1.54, 1.807) is 18.2 Å². The average molecular weight is 387 g/mol. The summed E-state index contributed by atoms with van der Waals surface area (Å²) < 4.78 is 42.4. The third-order valence-corrected chi connectivity index (χ3v) is 3.84. The van der Waals surface area contributed by atoms with Crippen molar-refractivity contribution in [2.75, 3.05) is 0 Å². The fourth-order valence-electron chi connectivity index (χ4n) is 2.52. The Morgan fingerprint density at radius 2 is 1.71 bits per heavy atom. The van der Waals surface area contributed by atoms with Gasteiger partial charge in [-0.15, -0.1) is 0 Å². The molecule has 0 aliphatic carbocycles. The van der Waals surface area contributed by atoms with Crippen LogP contribution in [0.15, 0.2) is 65.1 Å². The number of rotatable bonds is 5. The predicted octanol–water partition coefficient (Wildman–Crippen LogP) is 5.61. The van der Waals surface area contributed by atoms with E-state index in [0.717, 1.165) is 12.1 Å². The van der Waals surface area contributed by atoms with Gasteiger partial charge in [0.1, 0.15) is 11.3 Å². The number of nitrogens with zero attached hydrogens (tertiary/aromatic N) is 1. The minimum absolute atomic E-state index is 0.0402. The van der Waals surface area contributed by atoms with Gasteiger partial charge in [-0.3, -0.25) is 14.9 Å². The second-order valence-corrected chi connectivity index (χ2v) is 5.76. The van der Waals surface area contributed by atoms with Crippen molar-refractivity contribution < 1.29 is 27.3 Å². The van der Waals surface area contributed by atoms with Gasteiger partial charge < -0.3 is 4.42 Å². The van der Waals surface area contributed by atoms with Crippen molar-refractivity contribution in [3.8, 4) is 0 Å². The molecule has 1 aromatic heterocycles. The molecule has 28 heavy (non-hydrogen) atoms. The molecule has 0 radical (unpaired) electrons. The van der Waals surface area contributed by atoms with E-state index in [-0.39, 0.29) is 22.6 Å². The molecule has 0 atom stereocenters. The van der Waals surface area contributed by atoms with Crippen molar-refractivity contribution in [1.29, 1.82) is 0 Å². The number of furan rings is 1. The van der Waals surface area contributed by atoms with Crippen LogP contribution in [-0.2, 0) is 6.18 Å². The number of nitro groups is 1. The highest BCUT2D eigenvalue weighted by Crippen LogP contribution is 2.31. The van der Waals surface area contributed by atoms with Crippen LogP contribution in [0.25, 0.3) is 12.2 Å². The summed E-state index contributed by atoms with van der Waals surface area (Å²) in [6.07, 6.45) is -1.90. The maximum absolute atomic E-state index is 12.6. The van der Waals surface area contributed by atoms with E-state index < -0.39 is 22.6 Å². The molecule has 1 heterocycles. The van der Waals surface area contributed by atoms with Gasteiger partial charge in [0, 0.05) is 11.6 Å². The van der Waals surface area contributed by atoms with Crippen molar-refractivity contribution in [3.63, 3.8) is 0 Å². The summed E-state index contributed by atoms with van der Waals surface area (Å²) >= 11 is 0. The van der Waals surface area contributed by atoms with Gasteiger partial charge in [-0.2, -0.15) is 13.2 Å². The summed E-state index contributed by atoms with van der Waals surface area (Å²) in [5.41, 5.74) is 0.208. The van der Waals surface area contributed by atoms with Crippen LogP contribution in [-0.4, -0.2) is 10.7 Å². The molecule has 5 nitrogen and oxygen atoms in total. The van der Waals surface area contributed by atoms with Gasteiger partial charge in [0.05, 0.1) is 4.92 Å². The lowest BCUT2D eigenvalue weighted by Gasteiger charge is -2.04. The summed E-state index contributed by atoms with van der Waals surface area (Å²) in [7, 11) is 0. The fraction of sp³-hybridized carbons (Fsp3) is 0.0500. The Bertz CT molecular complexity index is 1050. The van der Waals surface area contributed by atoms with Crippen LogP contribution >= 0.6 is 0 Å². The molecule has 0 unspecified atom stereocenters. The summed E-state index contributed by atoms with van der Waals surface area (Å²) in [6, 6.07) is 13.9. The average Bonchev–Trinajstić information content (AvgIpc) is 3.16. The molecule has 0 aliphatic heterocycles. The summed E-state index contributed by atoms with van der Waals surface area (Å²) in [5.74, 6) is -1.70. The molecule has 0 saturated carbocycles. The van der Waals surface area contributed by atoms with E-state index in [1.165, 1.54) is 42.5 Å². The highest BCUT2D eigenvalue weighted by molar-refractivity contribution is 6.11. The molecule has 142 valence electrons. The third-order valence-electron chi connectivity index (χ3n) is 3.84. The Kier molecular flexibility index (Phi) is 5.12. The SMILES string of the molecule is O=C(c1ccccc1)c1cc(C=Cc2ccc(C(F)(F)F)o2)ccc1[N+](=O)[O-]. The Morgan fingerprint density at radius 3 is 2.32 bits per heavy atom. The molecule has 2 aromatic carbocycles. The highest BCUT2D eigenvalue weighted by atomic mass is 19.4. The first-order valence-electron chi connectivity index (χ1n) is 7.99. The van der Waals surface area contributed by atoms with E-state index in [9.17, 15) is 28.1 Å². The Balaban J connectivity index is 1.94. The van der Waals surface area contributed by atoms with Crippen molar-refractivity contribution in [1.82, 2.24) is 0 Å². The second kappa shape index (κ2) is 7.51. The Hall–Kier alpha value is -3.68. The molecule has 3 rings (SSSR count). The monoisotopic (exact) mass is 387 g/mol. The van der Waals surface area contributed by atoms with Crippen LogP contribution < -0.4 is 0 Å². The standard InChI is InChI=1S/C20H12F3NO4/c21-20(22,23)18-11-9-15(28-18)8-6-13-7-10-17(24(26)27)16(12-13)19(25)14-4-2-1-3-5-14/h1-12H. The number of alkyl halides is 3. The number of nitro benzene ring substituents is 1. The van der Waals surface area contributed by atoms with Crippen molar-refractivity contribution in [3.05, 3.63) is 99.0 Å². The van der Waals surface area contributed by atoms with E-state index in [2.05, 4.69) is 0 Å². The number of carbonyl (C=O) groups is 1. The lowest BCUT2D eigenvalue weighted by molar-refractivity contribution is -0.385. The number of carbonyl (C=O) groups excluding carboxylic acids is 1. The minimum atomic E-state index is -4.59. The Labute approximate surface area is 156 Å². The molecule has 0 amide bonds. The van der Waals surface area contributed by atoms with Crippen LogP contribution in [0, 0.1) is 10.1 Å². The quantitative estimate of drug-likeness (QED) is 0.324. The molecule has 0 N–H and O–H groups in total. The molecule has 0 bridgehead atoms. The predicted molar refractivity (Wildman–Crippen MR) is 95.6 cm³/mol. The molecular formula is C20H12F3NO4. The molecule has 8 heteroatoms. The van der Waals surface area contributed by atoms with Crippen LogP contribution in [0.1, 0.15) is 33.0 Å². The van der Waals surface area contributed by atoms with Gasteiger partial charge in [-0.1, -0.05) is 36.4 Å². The van der Waals surface area contributed by atoms with Crippen LogP contribution in [0.3, 0.4) is 0 Å². The summed E-state index contributed by atoms with van der Waals surface area (Å²) in [5, 5.41) is 11.3. The third kappa shape index (κ3) is 4.17. The van der Waals surface area contributed by atoms with Crippen molar-refractivity contribution in [2.45, 2.75) is 6.18 Å². The first kappa shape index (κ1) is 19.1. The van der Waals surface area contributed by atoms with Crippen LogP contribution in [0.2, 0.25) is 0 Å². The van der Waals surface area contributed by atoms with E-state index in [1.807, 2.05) is 0 Å². The maximum Gasteiger partial charge on any atom is 0.449 e. The molecule has 0 saturated heterocycles. The highest BCUT2D eigenvalue weighted by Gasteiger charge is 2.34. The van der Waals surface area contributed by atoms with E-state index in [0.29, 0.717) is 5.56 Å². The number of halogens is 3. The summed E-state index contributed by atoms with van der Waals surface area (Å²) in [4.78, 5) is 23.2. The van der Waals surface area contributed by atoms with Crippen LogP contribution in [0.4, 0.5) is 18.9 Å². The van der Waals surface area contributed by atoms with Gasteiger partial charge in [-0.05, 0) is 35.9 Å². The van der Waals surface area contributed by atoms with Gasteiger partial charge >= 0.3 is 6.18 Å². The summed E-state index contributed by atoms with van der Waals surface area (Å²) in [6.45, 7) is 0. The lowest BCUT2D eigenvalue weighted by atomic mass is 9.99. The lowest BCUT2D eigenvalue weighted by Crippen LogP contribution is -2.05. The van der Waals surface area contributed by atoms with E-state index in [4.69, 9.17) is 4.42 Å². The largest absolute Gasteiger partial charge is 0.452 e. The zero-order valence-electron chi connectivity index (χ0n) is 14.1. The molecule has 0 spiro atoms. The van der Waals surface area contributed by atoms with Crippen molar-refractivity contribution in [2.24, 2.45) is 0 Å². The first-order chi connectivity index (χ1) is 13.3. The normalized spacial score (nSPS) is 11.7. The minimum Gasteiger partial charge on any atom is -0.452 e. The van der Waals surface area contributed by atoms with Gasteiger partial charge in [0.15, 0.2) is 5.78 Å². The number of benzene rings is 2. The van der Waals surface area contributed by atoms with Gasteiger partial charge in [0.2, 0.25) is 5.76 Å². The molecule has 0 fully saturated rings.